The van der Waals surface area contributed by atoms with E-state index in [-0.39, 0.29) is 22.9 Å². The van der Waals surface area contributed by atoms with E-state index in [0.29, 0.717) is 6.42 Å². The Bertz CT molecular complexity index is 394. The van der Waals surface area contributed by atoms with E-state index in [4.69, 9.17) is 0 Å². The molecule has 94 valence electrons. The van der Waals surface area contributed by atoms with Crippen molar-refractivity contribution < 1.29 is 10.2 Å². The normalized spacial score (nSPS) is 44.5. The van der Waals surface area contributed by atoms with Gasteiger partial charge < -0.3 is 10.2 Å². The predicted octanol–water partition coefficient (Wildman–Crippen LogP) is 2.00. The maximum absolute atomic E-state index is 10.1. The van der Waals surface area contributed by atoms with Gasteiger partial charge in [0.25, 0.3) is 0 Å². The van der Waals surface area contributed by atoms with Gasteiger partial charge in [0.2, 0.25) is 0 Å². The van der Waals surface area contributed by atoms with Crippen molar-refractivity contribution in [2.45, 2.75) is 52.2 Å². The number of nitrogens with zero attached hydrogens (tertiary/aromatic N) is 1. The largest absolute Gasteiger partial charge is 0.392 e. The van der Waals surface area contributed by atoms with Crippen molar-refractivity contribution in [1.82, 2.24) is 0 Å². The third-order valence-corrected chi connectivity index (χ3v) is 4.84. The van der Waals surface area contributed by atoms with Crippen molar-refractivity contribution in [3.8, 4) is 6.07 Å². The van der Waals surface area contributed by atoms with Crippen LogP contribution in [-0.4, -0.2) is 22.4 Å². The second kappa shape index (κ2) is 3.83. The van der Waals surface area contributed by atoms with Crippen LogP contribution in [0.1, 0.15) is 40.0 Å². The first-order valence-corrected chi connectivity index (χ1v) is 6.31. The van der Waals surface area contributed by atoms with Gasteiger partial charge in [0.15, 0.2) is 0 Å². The lowest BCUT2D eigenvalue weighted by Crippen LogP contribution is -2.49. The average Bonchev–Trinajstić information content (AvgIpc) is 2.26. The van der Waals surface area contributed by atoms with Gasteiger partial charge in [0, 0.05) is 10.8 Å². The van der Waals surface area contributed by atoms with Crippen molar-refractivity contribution in [3.63, 3.8) is 0 Å². The summed E-state index contributed by atoms with van der Waals surface area (Å²) in [6.07, 6.45) is 3.02. The zero-order chi connectivity index (χ0) is 12.8. The molecule has 0 aromatic carbocycles. The number of aliphatic hydroxyl groups excluding tert-OH is 2. The monoisotopic (exact) mass is 235 g/mol. The Labute approximate surface area is 103 Å². The summed E-state index contributed by atoms with van der Waals surface area (Å²) in [6.45, 7) is 6.12. The average molecular weight is 235 g/mol. The summed E-state index contributed by atoms with van der Waals surface area (Å²) in [7, 11) is 0. The lowest BCUT2D eigenvalue weighted by molar-refractivity contribution is -0.0107. The first-order chi connectivity index (χ1) is 7.82. The molecule has 0 amide bonds. The Hall–Kier alpha value is -0.850. The van der Waals surface area contributed by atoms with Gasteiger partial charge in [0.1, 0.15) is 0 Å². The summed E-state index contributed by atoms with van der Waals surface area (Å²) in [5.74, 6) is -0.149. The van der Waals surface area contributed by atoms with E-state index >= 15 is 0 Å². The van der Waals surface area contributed by atoms with Gasteiger partial charge in [-0.3, -0.25) is 0 Å². The molecular weight excluding hydrogens is 214 g/mol. The fourth-order valence-electron chi connectivity index (χ4n) is 3.57. The Morgan fingerprint density at radius 1 is 1.35 bits per heavy atom. The van der Waals surface area contributed by atoms with E-state index in [9.17, 15) is 15.5 Å². The van der Waals surface area contributed by atoms with Crippen LogP contribution in [-0.2, 0) is 0 Å². The number of aliphatic hydroxyl groups is 2. The second-order valence-electron chi connectivity index (χ2n) is 6.26. The molecule has 0 radical (unpaired) electrons. The Morgan fingerprint density at radius 2 is 2.00 bits per heavy atom. The van der Waals surface area contributed by atoms with Crippen LogP contribution < -0.4 is 0 Å². The molecule has 2 N–H and O–H groups in total. The van der Waals surface area contributed by atoms with Crippen LogP contribution in [0.5, 0.6) is 0 Å². The zero-order valence-corrected chi connectivity index (χ0v) is 10.8. The molecule has 0 bridgehead atoms. The molecule has 3 heteroatoms. The molecule has 0 aromatic rings. The Balaban J connectivity index is 2.51. The number of hydrogen-bond donors (Lipinski definition) is 2. The highest BCUT2D eigenvalue weighted by Gasteiger charge is 2.52. The summed E-state index contributed by atoms with van der Waals surface area (Å²) >= 11 is 0. The van der Waals surface area contributed by atoms with Crippen LogP contribution in [0, 0.1) is 28.1 Å². The minimum atomic E-state index is -0.549. The molecule has 2 aliphatic carbocycles. The van der Waals surface area contributed by atoms with Gasteiger partial charge in [-0.15, -0.1) is 0 Å². The highest BCUT2D eigenvalue weighted by Crippen LogP contribution is 2.57. The lowest BCUT2D eigenvalue weighted by Gasteiger charge is -2.53. The van der Waals surface area contributed by atoms with Gasteiger partial charge in [0.05, 0.1) is 24.2 Å². The van der Waals surface area contributed by atoms with Gasteiger partial charge in [-0.1, -0.05) is 32.4 Å². The fraction of sp³-hybridized carbons (Fsp3) is 0.786. The van der Waals surface area contributed by atoms with E-state index in [1.807, 2.05) is 19.9 Å². The Kier molecular flexibility index (Phi) is 2.84. The number of nitriles is 1. The smallest absolute Gasteiger partial charge is 0.0736 e. The lowest BCUT2D eigenvalue weighted by atomic mass is 9.52. The van der Waals surface area contributed by atoms with Crippen LogP contribution in [0.2, 0.25) is 0 Å². The van der Waals surface area contributed by atoms with Gasteiger partial charge in [-0.2, -0.15) is 5.26 Å². The summed E-state index contributed by atoms with van der Waals surface area (Å²) < 4.78 is 0. The summed E-state index contributed by atoms with van der Waals surface area (Å²) in [6, 6.07) is 2.34. The van der Waals surface area contributed by atoms with Crippen molar-refractivity contribution in [2.24, 2.45) is 16.7 Å². The highest BCUT2D eigenvalue weighted by atomic mass is 16.3. The van der Waals surface area contributed by atoms with Crippen LogP contribution in [0.15, 0.2) is 11.6 Å². The molecule has 17 heavy (non-hydrogen) atoms. The number of rotatable bonds is 0. The molecule has 1 saturated carbocycles. The standard InChI is InChI=1S/C14H21NO2/c1-13(2)11-7-10(16)6-9(8-15)14(11,3)5-4-12(13)17/h7,9-10,12,16-17H,4-6H2,1-3H3/t9-,10-,12-,14+/m0/s1. The first kappa shape index (κ1) is 12.6. The maximum atomic E-state index is 10.1. The molecule has 0 heterocycles. The maximum Gasteiger partial charge on any atom is 0.0736 e. The molecule has 1 fully saturated rings. The summed E-state index contributed by atoms with van der Waals surface area (Å²) in [5, 5.41) is 29.3. The topological polar surface area (TPSA) is 64.2 Å². The highest BCUT2D eigenvalue weighted by molar-refractivity contribution is 5.32. The van der Waals surface area contributed by atoms with E-state index in [1.54, 1.807) is 0 Å². The Morgan fingerprint density at radius 3 is 2.59 bits per heavy atom. The third kappa shape index (κ3) is 1.71. The van der Waals surface area contributed by atoms with Crippen LogP contribution >= 0.6 is 0 Å². The molecule has 0 aromatic heterocycles. The van der Waals surface area contributed by atoms with Crippen molar-refractivity contribution in [3.05, 3.63) is 11.6 Å². The van der Waals surface area contributed by atoms with Crippen LogP contribution in [0.25, 0.3) is 0 Å². The van der Waals surface area contributed by atoms with Crippen LogP contribution in [0.4, 0.5) is 0 Å². The predicted molar refractivity (Wildman–Crippen MR) is 64.9 cm³/mol. The zero-order valence-electron chi connectivity index (χ0n) is 10.8. The minimum Gasteiger partial charge on any atom is -0.392 e. The molecule has 0 saturated heterocycles. The molecule has 2 rings (SSSR count). The van der Waals surface area contributed by atoms with E-state index in [2.05, 4.69) is 13.0 Å². The van der Waals surface area contributed by atoms with Gasteiger partial charge >= 0.3 is 0 Å². The molecule has 0 spiro atoms. The number of hydrogen-bond acceptors (Lipinski definition) is 3. The van der Waals surface area contributed by atoms with Gasteiger partial charge in [-0.05, 0) is 19.3 Å². The van der Waals surface area contributed by atoms with Crippen molar-refractivity contribution in [1.29, 1.82) is 5.26 Å². The molecule has 4 atom stereocenters. The molecule has 0 aliphatic heterocycles. The molecular formula is C14H21NO2. The fourth-order valence-corrected chi connectivity index (χ4v) is 3.57. The number of fused-ring (bicyclic) bond motifs is 1. The van der Waals surface area contributed by atoms with Crippen LogP contribution in [0.3, 0.4) is 0 Å². The molecule has 3 nitrogen and oxygen atoms in total. The second-order valence-corrected chi connectivity index (χ2v) is 6.26. The summed E-state index contributed by atoms with van der Waals surface area (Å²) in [5.41, 5.74) is 0.536. The van der Waals surface area contributed by atoms with E-state index in [0.717, 1.165) is 18.4 Å². The van der Waals surface area contributed by atoms with E-state index in [1.165, 1.54) is 0 Å². The van der Waals surface area contributed by atoms with Crippen molar-refractivity contribution >= 4 is 0 Å². The summed E-state index contributed by atoms with van der Waals surface area (Å²) in [4.78, 5) is 0. The SMILES string of the molecule is CC1(C)C2=C[C@@H](O)C[C@@H](C#N)[C@@]2(C)CC[C@@H]1O. The third-order valence-electron chi connectivity index (χ3n) is 4.84. The van der Waals surface area contributed by atoms with Crippen molar-refractivity contribution in [2.75, 3.05) is 0 Å². The minimum absolute atomic E-state index is 0.149. The quantitative estimate of drug-likeness (QED) is 0.631. The molecule has 0 unspecified atom stereocenters. The first-order valence-electron chi connectivity index (χ1n) is 6.31. The molecule has 2 aliphatic rings. The van der Waals surface area contributed by atoms with E-state index < -0.39 is 6.10 Å². The van der Waals surface area contributed by atoms with Gasteiger partial charge in [-0.25, -0.2) is 0 Å².